The summed E-state index contributed by atoms with van der Waals surface area (Å²) < 4.78 is 4.69. The molecule has 7 nitrogen and oxygen atoms in total. The van der Waals surface area contributed by atoms with E-state index in [0.717, 1.165) is 22.7 Å². The maximum Gasteiger partial charge on any atom is 0.337 e. The molecule has 0 atom stereocenters. The Kier molecular flexibility index (Phi) is 5.32. The van der Waals surface area contributed by atoms with Crippen LogP contribution in [0.25, 0.3) is 6.08 Å². The molecule has 2 aromatic rings. The Morgan fingerprint density at radius 2 is 1.50 bits per heavy atom. The van der Waals surface area contributed by atoms with Gasteiger partial charge in [-0.3, -0.25) is 14.9 Å². The highest BCUT2D eigenvalue weighted by atomic mass is 16.5. The second-order valence-electron chi connectivity index (χ2n) is 10.8. The first kappa shape index (κ1) is 22.7. The van der Waals surface area contributed by atoms with Crippen LogP contribution in [0.3, 0.4) is 0 Å². The predicted octanol–water partition coefficient (Wildman–Crippen LogP) is 4.61. The zero-order chi connectivity index (χ0) is 25.0. The molecule has 1 N–H and O–H groups in total. The van der Waals surface area contributed by atoms with Crippen molar-refractivity contribution >= 4 is 35.6 Å². The minimum absolute atomic E-state index is 0.148. The lowest BCUT2D eigenvalue weighted by Gasteiger charge is -2.57. The number of hydrogen-bond donors (Lipinski definition) is 1. The standard InChI is InChI=1S/C29H28N2O5/c1-36-27(34)21-4-2-17(3-5-21)13-24-25(32)30-28(35)31(26(24)33)23-8-6-22(7-9-23)29-14-18-10-19(15-29)12-20(11-18)16-29/h2-9,13,18-20H,10-12,14-16H2,1H3,(H,30,32,35)/b24-13+. The number of methoxy groups -OCH3 is 1. The number of amides is 4. The van der Waals surface area contributed by atoms with Crippen molar-refractivity contribution < 1.29 is 23.9 Å². The number of esters is 1. The second-order valence-corrected chi connectivity index (χ2v) is 10.8. The molecule has 5 fully saturated rings. The topological polar surface area (TPSA) is 92.8 Å². The molecular weight excluding hydrogens is 456 g/mol. The smallest absolute Gasteiger partial charge is 0.337 e. The number of benzene rings is 2. The van der Waals surface area contributed by atoms with Crippen molar-refractivity contribution in [1.29, 1.82) is 0 Å². The van der Waals surface area contributed by atoms with Gasteiger partial charge in [0.1, 0.15) is 5.57 Å². The van der Waals surface area contributed by atoms with E-state index in [1.54, 1.807) is 24.3 Å². The summed E-state index contributed by atoms with van der Waals surface area (Å²) in [5.41, 5.74) is 2.71. The minimum Gasteiger partial charge on any atom is -0.465 e. The number of carbonyl (C=O) groups excluding carboxylic acids is 4. The van der Waals surface area contributed by atoms with Gasteiger partial charge in [0.2, 0.25) is 0 Å². The van der Waals surface area contributed by atoms with Crippen LogP contribution in [0.15, 0.2) is 54.1 Å². The van der Waals surface area contributed by atoms with E-state index in [1.807, 2.05) is 12.1 Å². The quantitative estimate of drug-likeness (QED) is 0.389. The Balaban J connectivity index is 1.26. The molecule has 7 heteroatoms. The molecule has 0 radical (unpaired) electrons. The molecule has 2 aromatic carbocycles. The monoisotopic (exact) mass is 484 g/mol. The number of imide groups is 2. The fourth-order valence-electron chi connectivity index (χ4n) is 7.32. The highest BCUT2D eigenvalue weighted by molar-refractivity contribution is 6.39. The fourth-order valence-corrected chi connectivity index (χ4v) is 7.32. The van der Waals surface area contributed by atoms with Gasteiger partial charge in [-0.2, -0.15) is 0 Å². The lowest BCUT2D eigenvalue weighted by atomic mass is 9.48. The van der Waals surface area contributed by atoms with Crippen LogP contribution in [0.1, 0.15) is 60.0 Å². The summed E-state index contributed by atoms with van der Waals surface area (Å²) in [6.45, 7) is 0. The lowest BCUT2D eigenvalue weighted by molar-refractivity contribution is -0.122. The van der Waals surface area contributed by atoms with Crippen LogP contribution in [0.5, 0.6) is 0 Å². The van der Waals surface area contributed by atoms with Gasteiger partial charge in [-0.15, -0.1) is 0 Å². The summed E-state index contributed by atoms with van der Waals surface area (Å²) in [6, 6.07) is 13.3. The van der Waals surface area contributed by atoms with Gasteiger partial charge < -0.3 is 4.74 Å². The van der Waals surface area contributed by atoms with E-state index >= 15 is 0 Å². The first-order chi connectivity index (χ1) is 17.3. The Morgan fingerprint density at radius 1 is 0.917 bits per heavy atom. The van der Waals surface area contributed by atoms with Crippen molar-refractivity contribution in [3.8, 4) is 0 Å². The first-order valence-electron chi connectivity index (χ1n) is 12.6. The molecule has 1 heterocycles. The molecular formula is C29H28N2O5. The number of urea groups is 1. The van der Waals surface area contributed by atoms with Gasteiger partial charge >= 0.3 is 12.0 Å². The molecule has 0 unspecified atom stereocenters. The van der Waals surface area contributed by atoms with Crippen LogP contribution in [-0.4, -0.2) is 30.9 Å². The van der Waals surface area contributed by atoms with Crippen molar-refractivity contribution in [2.75, 3.05) is 12.0 Å². The van der Waals surface area contributed by atoms with E-state index < -0.39 is 23.8 Å². The minimum atomic E-state index is -0.759. The van der Waals surface area contributed by atoms with Gasteiger partial charge in [-0.05, 0) is 103 Å². The van der Waals surface area contributed by atoms with E-state index in [2.05, 4.69) is 17.4 Å². The van der Waals surface area contributed by atoms with Crippen LogP contribution in [0, 0.1) is 17.8 Å². The number of ether oxygens (including phenoxy) is 1. The molecule has 36 heavy (non-hydrogen) atoms. The van der Waals surface area contributed by atoms with Gasteiger partial charge in [-0.1, -0.05) is 24.3 Å². The molecule has 0 spiro atoms. The maximum atomic E-state index is 13.3. The number of nitrogens with one attached hydrogen (secondary N) is 1. The number of carbonyl (C=O) groups is 4. The highest BCUT2D eigenvalue weighted by Gasteiger charge is 2.51. The molecule has 1 aliphatic heterocycles. The average Bonchev–Trinajstić information content (AvgIpc) is 2.86. The van der Waals surface area contributed by atoms with Crippen LogP contribution in [0.2, 0.25) is 0 Å². The third-order valence-electron chi connectivity index (χ3n) is 8.52. The maximum absolute atomic E-state index is 13.3. The zero-order valence-electron chi connectivity index (χ0n) is 20.2. The Labute approximate surface area is 209 Å². The normalized spacial score (nSPS) is 30.0. The van der Waals surface area contributed by atoms with Crippen molar-refractivity contribution in [1.82, 2.24) is 5.32 Å². The predicted molar refractivity (Wildman–Crippen MR) is 133 cm³/mol. The first-order valence-corrected chi connectivity index (χ1v) is 12.6. The molecule has 0 aromatic heterocycles. The van der Waals surface area contributed by atoms with E-state index in [4.69, 9.17) is 4.74 Å². The number of barbiturate groups is 1. The highest BCUT2D eigenvalue weighted by Crippen LogP contribution is 2.60. The van der Waals surface area contributed by atoms with E-state index in [-0.39, 0.29) is 11.0 Å². The summed E-state index contributed by atoms with van der Waals surface area (Å²) in [6.07, 6.45) is 9.23. The fraction of sp³-hybridized carbons (Fsp3) is 0.379. The van der Waals surface area contributed by atoms with Gasteiger partial charge in [0, 0.05) is 0 Å². The largest absolute Gasteiger partial charge is 0.465 e. The molecule has 5 aliphatic rings. The molecule has 4 saturated carbocycles. The van der Waals surface area contributed by atoms with E-state index in [1.165, 1.54) is 57.3 Å². The van der Waals surface area contributed by atoms with Crippen LogP contribution < -0.4 is 10.2 Å². The van der Waals surface area contributed by atoms with Crippen LogP contribution in [0.4, 0.5) is 10.5 Å². The SMILES string of the molecule is COC(=O)c1ccc(/C=C2\C(=O)NC(=O)N(c3ccc(C45CC6CC(CC(C6)C4)C5)cc3)C2=O)cc1. The van der Waals surface area contributed by atoms with Crippen LogP contribution >= 0.6 is 0 Å². The Bertz CT molecular complexity index is 1260. The van der Waals surface area contributed by atoms with Crippen molar-refractivity contribution in [3.05, 3.63) is 70.8 Å². The average molecular weight is 485 g/mol. The summed E-state index contributed by atoms with van der Waals surface area (Å²) >= 11 is 0. The molecule has 4 bridgehead atoms. The second kappa shape index (κ2) is 8.43. The number of hydrogen-bond acceptors (Lipinski definition) is 5. The van der Waals surface area contributed by atoms with E-state index in [9.17, 15) is 19.2 Å². The number of nitrogens with zero attached hydrogens (tertiary/aromatic N) is 1. The number of rotatable bonds is 4. The van der Waals surface area contributed by atoms with Gasteiger partial charge in [0.05, 0.1) is 18.4 Å². The van der Waals surface area contributed by atoms with Crippen molar-refractivity contribution in [2.24, 2.45) is 17.8 Å². The van der Waals surface area contributed by atoms with Crippen molar-refractivity contribution in [3.63, 3.8) is 0 Å². The van der Waals surface area contributed by atoms with E-state index in [0.29, 0.717) is 16.8 Å². The van der Waals surface area contributed by atoms with Gasteiger partial charge in [-0.25, -0.2) is 14.5 Å². The van der Waals surface area contributed by atoms with Crippen molar-refractivity contribution in [2.45, 2.75) is 43.9 Å². The molecule has 4 amide bonds. The summed E-state index contributed by atoms with van der Waals surface area (Å²) in [5, 5.41) is 2.28. The summed E-state index contributed by atoms with van der Waals surface area (Å²) in [4.78, 5) is 51.1. The Hall–Kier alpha value is -3.74. The zero-order valence-corrected chi connectivity index (χ0v) is 20.2. The lowest BCUT2D eigenvalue weighted by Crippen LogP contribution is -2.54. The molecule has 4 aliphatic carbocycles. The van der Waals surface area contributed by atoms with Crippen LogP contribution in [-0.2, 0) is 19.7 Å². The van der Waals surface area contributed by atoms with Gasteiger partial charge in [0.15, 0.2) is 0 Å². The third kappa shape index (κ3) is 3.74. The molecule has 1 saturated heterocycles. The molecule has 184 valence electrons. The Morgan fingerprint density at radius 3 is 2.06 bits per heavy atom. The number of anilines is 1. The van der Waals surface area contributed by atoms with Gasteiger partial charge in [0.25, 0.3) is 11.8 Å². The third-order valence-corrected chi connectivity index (χ3v) is 8.52. The summed E-state index contributed by atoms with van der Waals surface area (Å²) in [5.74, 6) is 0.573. The summed E-state index contributed by atoms with van der Waals surface area (Å²) in [7, 11) is 1.30. The molecule has 7 rings (SSSR count).